The molecule has 144 valence electrons. The zero-order valence-electron chi connectivity index (χ0n) is 16.4. The van der Waals surface area contributed by atoms with Gasteiger partial charge in [-0.3, -0.25) is 10.2 Å². The Hall–Kier alpha value is 0.210. The molecule has 0 aliphatic carbocycles. The van der Waals surface area contributed by atoms with E-state index in [0.717, 1.165) is 12.0 Å². The van der Waals surface area contributed by atoms with Gasteiger partial charge in [-0.1, -0.05) is 71.6 Å². The number of rotatable bonds is 13. The highest BCUT2D eigenvalue weighted by Gasteiger charge is 2.34. The number of nitrogens with zero attached hydrogens (tertiary/aromatic N) is 1. The SMILES string of the molecule is CCCCCCCCCCC(CCC)NC1CC2CCN1CC2.Cl. The molecule has 0 amide bonds. The van der Waals surface area contributed by atoms with E-state index in [1.54, 1.807) is 0 Å². The zero-order chi connectivity index (χ0) is 16.3. The Morgan fingerprint density at radius 1 is 0.833 bits per heavy atom. The van der Waals surface area contributed by atoms with Gasteiger partial charge in [0.2, 0.25) is 0 Å². The van der Waals surface area contributed by atoms with Crippen molar-refractivity contribution in [3.05, 3.63) is 0 Å². The molecule has 3 rings (SSSR count). The van der Waals surface area contributed by atoms with E-state index in [9.17, 15) is 0 Å². The van der Waals surface area contributed by atoms with Gasteiger partial charge in [0.1, 0.15) is 0 Å². The smallest absolute Gasteiger partial charge is 0.0601 e. The van der Waals surface area contributed by atoms with Crippen molar-refractivity contribution in [3.8, 4) is 0 Å². The summed E-state index contributed by atoms with van der Waals surface area (Å²) in [5, 5.41) is 4.03. The number of hydrogen-bond donors (Lipinski definition) is 1. The second kappa shape index (κ2) is 13.4. The molecule has 0 saturated carbocycles. The molecule has 0 aromatic rings. The fraction of sp³-hybridized carbons (Fsp3) is 1.00. The van der Waals surface area contributed by atoms with Gasteiger partial charge in [-0.2, -0.15) is 0 Å². The first-order chi connectivity index (χ1) is 11.3. The molecule has 1 N–H and O–H groups in total. The van der Waals surface area contributed by atoms with E-state index in [1.807, 2.05) is 0 Å². The highest BCUT2D eigenvalue weighted by Crippen LogP contribution is 2.31. The van der Waals surface area contributed by atoms with E-state index in [-0.39, 0.29) is 12.4 Å². The van der Waals surface area contributed by atoms with E-state index >= 15 is 0 Å². The molecule has 2 nitrogen and oxygen atoms in total. The van der Waals surface area contributed by atoms with Crippen molar-refractivity contribution in [2.75, 3.05) is 13.1 Å². The third-order valence-corrected chi connectivity index (χ3v) is 6.12. The third kappa shape index (κ3) is 8.06. The standard InChI is InChI=1S/C21H42N2.ClH/c1-3-5-6-7-8-9-10-11-13-20(12-4-2)22-21-18-19-14-16-23(21)17-15-19;/h19-22H,3-18H2,1-2H3;1H. The second-order valence-electron chi connectivity index (χ2n) is 8.15. The first kappa shape index (κ1) is 22.3. The summed E-state index contributed by atoms with van der Waals surface area (Å²) in [4.78, 5) is 2.72. The average molecular weight is 359 g/mol. The molecule has 3 fully saturated rings. The molecule has 2 unspecified atom stereocenters. The number of hydrogen-bond acceptors (Lipinski definition) is 2. The minimum atomic E-state index is 0. The number of fused-ring (bicyclic) bond motifs is 3. The minimum absolute atomic E-state index is 0. The van der Waals surface area contributed by atoms with Crippen LogP contribution >= 0.6 is 12.4 Å². The molecule has 3 aliphatic rings. The van der Waals surface area contributed by atoms with Crippen LogP contribution in [0.2, 0.25) is 0 Å². The lowest BCUT2D eigenvalue weighted by Gasteiger charge is -2.47. The van der Waals surface area contributed by atoms with Gasteiger partial charge in [0.15, 0.2) is 0 Å². The maximum atomic E-state index is 4.03. The van der Waals surface area contributed by atoms with Crippen LogP contribution in [0.3, 0.4) is 0 Å². The number of piperidine rings is 3. The van der Waals surface area contributed by atoms with Crippen LogP contribution in [0.15, 0.2) is 0 Å². The van der Waals surface area contributed by atoms with Crippen molar-refractivity contribution in [2.24, 2.45) is 5.92 Å². The normalized spacial score (nSPS) is 27.0. The molecule has 3 heteroatoms. The van der Waals surface area contributed by atoms with Gasteiger partial charge < -0.3 is 0 Å². The van der Waals surface area contributed by atoms with Gasteiger partial charge in [-0.15, -0.1) is 12.4 Å². The number of halogens is 1. The molecular formula is C21H43ClN2. The van der Waals surface area contributed by atoms with Gasteiger partial charge >= 0.3 is 0 Å². The van der Waals surface area contributed by atoms with Crippen molar-refractivity contribution in [1.29, 1.82) is 0 Å². The summed E-state index contributed by atoms with van der Waals surface area (Å²) in [5.41, 5.74) is 0. The van der Waals surface area contributed by atoms with E-state index in [2.05, 4.69) is 24.1 Å². The van der Waals surface area contributed by atoms with E-state index in [0.29, 0.717) is 6.17 Å². The van der Waals surface area contributed by atoms with Crippen molar-refractivity contribution < 1.29 is 0 Å². The van der Waals surface area contributed by atoms with Gasteiger partial charge in [-0.25, -0.2) is 0 Å². The third-order valence-electron chi connectivity index (χ3n) is 6.12. The van der Waals surface area contributed by atoms with Crippen molar-refractivity contribution >= 4 is 12.4 Å². The van der Waals surface area contributed by atoms with E-state index in [1.165, 1.54) is 103 Å². The molecule has 2 bridgehead atoms. The predicted octanol–water partition coefficient (Wildman–Crippen LogP) is 6.14. The Kier molecular flexibility index (Phi) is 12.4. The van der Waals surface area contributed by atoms with Crippen LogP contribution in [-0.4, -0.2) is 30.2 Å². The predicted molar refractivity (Wildman–Crippen MR) is 109 cm³/mol. The van der Waals surface area contributed by atoms with Crippen LogP contribution in [0.5, 0.6) is 0 Å². The molecular weight excluding hydrogens is 316 g/mol. The average Bonchev–Trinajstić information content (AvgIpc) is 2.58. The van der Waals surface area contributed by atoms with Gasteiger partial charge in [0.25, 0.3) is 0 Å². The van der Waals surface area contributed by atoms with E-state index < -0.39 is 0 Å². The van der Waals surface area contributed by atoms with Gasteiger partial charge in [0.05, 0.1) is 6.17 Å². The Balaban J connectivity index is 0.00000288. The van der Waals surface area contributed by atoms with Crippen LogP contribution in [0, 0.1) is 5.92 Å². The summed E-state index contributed by atoms with van der Waals surface area (Å²) in [5.74, 6) is 1.02. The van der Waals surface area contributed by atoms with Gasteiger partial charge in [-0.05, 0) is 51.1 Å². The maximum Gasteiger partial charge on any atom is 0.0601 e. The fourth-order valence-corrected chi connectivity index (χ4v) is 4.59. The number of nitrogens with one attached hydrogen (secondary N) is 1. The van der Waals surface area contributed by atoms with Crippen LogP contribution in [0.4, 0.5) is 0 Å². The topological polar surface area (TPSA) is 15.3 Å². The fourth-order valence-electron chi connectivity index (χ4n) is 4.59. The summed E-state index contributed by atoms with van der Waals surface area (Å²) < 4.78 is 0. The summed E-state index contributed by atoms with van der Waals surface area (Å²) in [6.45, 7) is 7.34. The zero-order valence-corrected chi connectivity index (χ0v) is 17.2. The lowest BCUT2D eigenvalue weighted by molar-refractivity contribution is 0.0232. The van der Waals surface area contributed by atoms with Crippen LogP contribution in [0.1, 0.15) is 104 Å². The Morgan fingerprint density at radius 3 is 2.00 bits per heavy atom. The summed E-state index contributed by atoms with van der Waals surface area (Å²) in [6, 6.07) is 0.768. The summed E-state index contributed by atoms with van der Waals surface area (Å²) in [6.07, 6.45) is 20.6. The lowest BCUT2D eigenvalue weighted by Crippen LogP contribution is -2.57. The van der Waals surface area contributed by atoms with Crippen molar-refractivity contribution in [3.63, 3.8) is 0 Å². The molecule has 2 atom stereocenters. The van der Waals surface area contributed by atoms with Crippen LogP contribution in [0.25, 0.3) is 0 Å². The molecule has 24 heavy (non-hydrogen) atoms. The molecule has 0 aromatic heterocycles. The quantitative estimate of drug-likeness (QED) is 0.398. The van der Waals surface area contributed by atoms with Crippen molar-refractivity contribution in [1.82, 2.24) is 10.2 Å². The summed E-state index contributed by atoms with van der Waals surface area (Å²) >= 11 is 0. The second-order valence-corrected chi connectivity index (χ2v) is 8.15. The monoisotopic (exact) mass is 358 g/mol. The molecule has 0 aromatic carbocycles. The largest absolute Gasteiger partial charge is 0.299 e. The Morgan fingerprint density at radius 2 is 1.46 bits per heavy atom. The van der Waals surface area contributed by atoms with Crippen molar-refractivity contribution in [2.45, 2.75) is 116 Å². The first-order valence-corrected chi connectivity index (χ1v) is 10.8. The lowest BCUT2D eigenvalue weighted by atomic mass is 9.86. The highest BCUT2D eigenvalue weighted by molar-refractivity contribution is 5.85. The number of unbranched alkanes of at least 4 members (excludes halogenated alkanes) is 7. The maximum absolute atomic E-state index is 4.03. The first-order valence-electron chi connectivity index (χ1n) is 10.8. The summed E-state index contributed by atoms with van der Waals surface area (Å²) in [7, 11) is 0. The molecule has 3 saturated heterocycles. The minimum Gasteiger partial charge on any atom is -0.299 e. The Labute approximate surface area is 157 Å². The van der Waals surface area contributed by atoms with Crippen LogP contribution < -0.4 is 5.32 Å². The molecule has 0 radical (unpaired) electrons. The molecule has 3 aliphatic heterocycles. The van der Waals surface area contributed by atoms with E-state index in [4.69, 9.17) is 0 Å². The Bertz CT molecular complexity index is 290. The van der Waals surface area contributed by atoms with Gasteiger partial charge in [0, 0.05) is 6.04 Å². The molecule has 3 heterocycles. The van der Waals surface area contributed by atoms with Crippen LogP contribution in [-0.2, 0) is 0 Å². The highest BCUT2D eigenvalue weighted by atomic mass is 35.5. The molecule has 0 spiro atoms.